The summed E-state index contributed by atoms with van der Waals surface area (Å²) in [6.07, 6.45) is 70.6. The Morgan fingerprint density at radius 2 is 0.781 bits per heavy atom. The lowest BCUT2D eigenvalue weighted by molar-refractivity contribution is -0.870. The minimum Gasteiger partial charge on any atom is -0.477 e. The van der Waals surface area contributed by atoms with Crippen molar-refractivity contribution < 1.29 is 42.9 Å². The number of nitrogens with zero attached hydrogens (tertiary/aromatic N) is 1. The van der Waals surface area contributed by atoms with Gasteiger partial charge in [-0.3, -0.25) is 9.59 Å². The van der Waals surface area contributed by atoms with Gasteiger partial charge in [0.25, 0.3) is 6.29 Å². The zero-order valence-corrected chi connectivity index (χ0v) is 47.5. The smallest absolute Gasteiger partial charge is 0.361 e. The third-order valence-corrected chi connectivity index (χ3v) is 12.3. The van der Waals surface area contributed by atoms with Crippen LogP contribution >= 0.6 is 0 Å². The van der Waals surface area contributed by atoms with Gasteiger partial charge in [0.2, 0.25) is 0 Å². The first kappa shape index (κ1) is 69.2. The molecule has 0 bridgehead atoms. The number of hydrogen-bond acceptors (Lipinski definition) is 7. The van der Waals surface area contributed by atoms with Gasteiger partial charge in [-0.15, -0.1) is 0 Å². The lowest BCUT2D eigenvalue weighted by Crippen LogP contribution is -2.40. The molecule has 9 nitrogen and oxygen atoms in total. The van der Waals surface area contributed by atoms with Crippen LogP contribution in [0.25, 0.3) is 0 Å². The number of carboxylic acid groups (broad SMARTS) is 1. The van der Waals surface area contributed by atoms with E-state index in [2.05, 4.69) is 111 Å². The Labute approximate surface area is 448 Å². The number of ether oxygens (including phenoxy) is 4. The number of aliphatic carboxylic acids is 1. The minimum atomic E-state index is -1.53. The molecule has 0 rings (SSSR count). The maximum absolute atomic E-state index is 12.9. The standard InChI is InChI=1S/C64H109NO8/c1-6-8-10-12-14-16-18-20-22-24-26-28-29-30-31-32-33-35-36-38-40-42-44-46-48-50-52-54-61(66)71-58-60(59-72-64(63(68)69)70-57-56-65(3,4)5)73-62(67)55-53-51-49-47-45-43-41-39-37-34-27-25-23-21-19-17-15-13-11-9-7-2/h9,11,15,17-18,20-21,23-24,26-27,34,39,41,45,47,60,64H,6-8,10,12-14,16,19,22,25,28-33,35-38,40,42-44,46,48-59H2,1-5H3/p+1/b11-9-,17-15-,20-18-,23-21-,26-24-,34-27-,41-39-,47-45-. The Hall–Kier alpha value is -3.79. The van der Waals surface area contributed by atoms with E-state index in [0.717, 1.165) is 77.0 Å². The van der Waals surface area contributed by atoms with Gasteiger partial charge in [-0.2, -0.15) is 0 Å². The second-order valence-corrected chi connectivity index (χ2v) is 20.6. The maximum atomic E-state index is 12.9. The molecule has 0 spiro atoms. The molecule has 73 heavy (non-hydrogen) atoms. The molecule has 2 atom stereocenters. The van der Waals surface area contributed by atoms with Gasteiger partial charge >= 0.3 is 17.9 Å². The topological polar surface area (TPSA) is 108 Å². The zero-order chi connectivity index (χ0) is 53.4. The molecule has 0 fully saturated rings. The molecule has 1 N–H and O–H groups in total. The van der Waals surface area contributed by atoms with Crippen LogP contribution in [0, 0.1) is 0 Å². The Bertz CT molecular complexity index is 1520. The van der Waals surface area contributed by atoms with Crippen molar-refractivity contribution in [3.63, 3.8) is 0 Å². The van der Waals surface area contributed by atoms with Crippen molar-refractivity contribution in [2.24, 2.45) is 0 Å². The highest BCUT2D eigenvalue weighted by Gasteiger charge is 2.25. The molecule has 0 aliphatic carbocycles. The van der Waals surface area contributed by atoms with Crippen molar-refractivity contribution in [3.05, 3.63) is 97.2 Å². The normalized spacial score (nSPS) is 13.5. The largest absolute Gasteiger partial charge is 0.477 e. The summed E-state index contributed by atoms with van der Waals surface area (Å²) in [6.45, 7) is 4.70. The average Bonchev–Trinajstić information content (AvgIpc) is 3.36. The predicted molar refractivity (Wildman–Crippen MR) is 309 cm³/mol. The summed E-state index contributed by atoms with van der Waals surface area (Å²) in [4.78, 5) is 37.4. The molecule has 0 aliphatic heterocycles. The first-order valence-corrected chi connectivity index (χ1v) is 29.4. The van der Waals surface area contributed by atoms with Gasteiger partial charge in [0.05, 0.1) is 34.4 Å². The highest BCUT2D eigenvalue weighted by Crippen LogP contribution is 2.15. The van der Waals surface area contributed by atoms with Gasteiger partial charge in [0.1, 0.15) is 13.2 Å². The number of quaternary nitrogens is 1. The van der Waals surface area contributed by atoms with Gasteiger partial charge in [-0.1, -0.05) is 220 Å². The number of unbranched alkanes of at least 4 members (excludes halogenated alkanes) is 22. The molecule has 0 aromatic heterocycles. The van der Waals surface area contributed by atoms with Crippen LogP contribution in [0.2, 0.25) is 0 Å². The van der Waals surface area contributed by atoms with Crippen molar-refractivity contribution in [3.8, 4) is 0 Å². The van der Waals surface area contributed by atoms with Gasteiger partial charge in [0.15, 0.2) is 6.10 Å². The second-order valence-electron chi connectivity index (χ2n) is 20.6. The third kappa shape index (κ3) is 55.8. The lowest BCUT2D eigenvalue weighted by atomic mass is 10.0. The molecule has 0 aromatic rings. The van der Waals surface area contributed by atoms with Crippen LogP contribution in [0.3, 0.4) is 0 Å². The van der Waals surface area contributed by atoms with Crippen LogP contribution in [0.15, 0.2) is 97.2 Å². The Kier molecular flexibility index (Phi) is 51.6. The molecule has 0 saturated carbocycles. The maximum Gasteiger partial charge on any atom is 0.361 e. The fraction of sp³-hybridized carbons (Fsp3) is 0.703. The van der Waals surface area contributed by atoms with E-state index in [1.165, 1.54) is 122 Å². The van der Waals surface area contributed by atoms with Crippen molar-refractivity contribution in [2.45, 2.75) is 245 Å². The number of carboxylic acids is 1. The summed E-state index contributed by atoms with van der Waals surface area (Å²) >= 11 is 0. The van der Waals surface area contributed by atoms with Crippen LogP contribution in [-0.2, 0) is 33.3 Å². The van der Waals surface area contributed by atoms with Gasteiger partial charge in [-0.05, 0) is 96.3 Å². The molecule has 0 saturated heterocycles. The molecular formula is C64H110NO8+. The number of allylic oxidation sites excluding steroid dienone is 16. The number of carbonyl (C=O) groups is 3. The van der Waals surface area contributed by atoms with Crippen LogP contribution in [-0.4, -0.2) is 87.4 Å². The number of esters is 2. The van der Waals surface area contributed by atoms with Gasteiger partial charge in [-0.25, -0.2) is 4.79 Å². The lowest BCUT2D eigenvalue weighted by Gasteiger charge is -2.25. The van der Waals surface area contributed by atoms with E-state index in [1.54, 1.807) is 0 Å². The van der Waals surface area contributed by atoms with Crippen molar-refractivity contribution in [2.75, 3.05) is 47.5 Å². The number of rotatable bonds is 53. The van der Waals surface area contributed by atoms with E-state index in [4.69, 9.17) is 18.9 Å². The Morgan fingerprint density at radius 1 is 0.425 bits per heavy atom. The summed E-state index contributed by atoms with van der Waals surface area (Å²) in [7, 11) is 5.95. The third-order valence-electron chi connectivity index (χ3n) is 12.3. The molecule has 0 radical (unpaired) electrons. The summed E-state index contributed by atoms with van der Waals surface area (Å²) in [5, 5.41) is 9.70. The molecule has 2 unspecified atom stereocenters. The molecule has 0 aliphatic rings. The summed E-state index contributed by atoms with van der Waals surface area (Å²) in [5.74, 6) is -2.07. The Morgan fingerprint density at radius 3 is 1.19 bits per heavy atom. The molecule has 0 amide bonds. The molecule has 0 heterocycles. The molecule has 418 valence electrons. The van der Waals surface area contributed by atoms with Crippen molar-refractivity contribution in [1.82, 2.24) is 0 Å². The van der Waals surface area contributed by atoms with Crippen molar-refractivity contribution >= 4 is 17.9 Å². The van der Waals surface area contributed by atoms with E-state index in [0.29, 0.717) is 17.4 Å². The van der Waals surface area contributed by atoms with Gasteiger partial charge in [0, 0.05) is 12.8 Å². The fourth-order valence-electron chi connectivity index (χ4n) is 7.81. The highest BCUT2D eigenvalue weighted by atomic mass is 16.7. The van der Waals surface area contributed by atoms with Crippen molar-refractivity contribution in [1.29, 1.82) is 0 Å². The van der Waals surface area contributed by atoms with E-state index < -0.39 is 24.3 Å². The first-order chi connectivity index (χ1) is 35.6. The first-order valence-electron chi connectivity index (χ1n) is 29.4. The minimum absolute atomic E-state index is 0.175. The molecule has 0 aromatic carbocycles. The van der Waals surface area contributed by atoms with Crippen LogP contribution in [0.1, 0.15) is 232 Å². The SMILES string of the molecule is CC/C=C\C/C=C\C/C=C\C/C=C\C/C=C\C/C=C\CCCCC(=O)OC(COC(=O)CCCCCCCCCCCCCCCCC/C=C\C/C=C\CCCCCCC)COC(OCC[N+](C)(C)C)C(=O)O. The fourth-order valence-corrected chi connectivity index (χ4v) is 7.81. The monoisotopic (exact) mass is 1020 g/mol. The quantitative estimate of drug-likeness (QED) is 0.0211. The Balaban J connectivity index is 4.29. The van der Waals surface area contributed by atoms with E-state index in [-0.39, 0.29) is 38.6 Å². The number of carbonyl (C=O) groups excluding carboxylic acids is 2. The van der Waals surface area contributed by atoms with E-state index in [1.807, 2.05) is 21.1 Å². The molecular weight excluding hydrogens is 911 g/mol. The second kappa shape index (κ2) is 54.5. The van der Waals surface area contributed by atoms with Crippen LogP contribution in [0.5, 0.6) is 0 Å². The molecule has 9 heteroatoms. The summed E-state index contributed by atoms with van der Waals surface area (Å²) in [6, 6.07) is 0. The highest BCUT2D eigenvalue weighted by molar-refractivity contribution is 5.71. The van der Waals surface area contributed by atoms with E-state index in [9.17, 15) is 19.5 Å². The average molecular weight is 1020 g/mol. The van der Waals surface area contributed by atoms with Crippen LogP contribution < -0.4 is 0 Å². The zero-order valence-electron chi connectivity index (χ0n) is 47.5. The van der Waals surface area contributed by atoms with E-state index >= 15 is 0 Å². The predicted octanol–water partition coefficient (Wildman–Crippen LogP) is 17.3. The summed E-state index contributed by atoms with van der Waals surface area (Å²) in [5.41, 5.74) is 0. The summed E-state index contributed by atoms with van der Waals surface area (Å²) < 4.78 is 22.8. The number of hydrogen-bond donors (Lipinski definition) is 1. The van der Waals surface area contributed by atoms with Gasteiger partial charge < -0.3 is 28.5 Å². The van der Waals surface area contributed by atoms with Crippen LogP contribution in [0.4, 0.5) is 0 Å². The number of likely N-dealkylation sites (N-methyl/N-ethyl adjacent to an activating group) is 1.